The Balaban J connectivity index is 1.62. The molecular formula is C29H40ClN3O3. The minimum atomic E-state index is -0.247. The molecule has 1 amide bonds. The highest BCUT2D eigenvalue weighted by atomic mass is 35.5. The van der Waals surface area contributed by atoms with Crippen molar-refractivity contribution in [3.8, 4) is 0 Å². The number of benzene rings is 1. The summed E-state index contributed by atoms with van der Waals surface area (Å²) in [6.07, 6.45) is 7.74. The molecular weight excluding hydrogens is 474 g/mol. The Kier molecular flexibility index (Phi) is 8.56. The highest BCUT2D eigenvalue weighted by Crippen LogP contribution is 2.36. The molecule has 1 aromatic carbocycles. The lowest BCUT2D eigenvalue weighted by Gasteiger charge is -2.35. The highest BCUT2D eigenvalue weighted by Gasteiger charge is 2.39. The Morgan fingerprint density at radius 2 is 1.83 bits per heavy atom. The molecule has 1 aliphatic heterocycles. The normalized spacial score (nSPS) is 20.6. The summed E-state index contributed by atoms with van der Waals surface area (Å²) in [5.74, 6) is 0.314. The van der Waals surface area contributed by atoms with Gasteiger partial charge in [0.15, 0.2) is 5.78 Å². The lowest BCUT2D eigenvalue weighted by molar-refractivity contribution is -0.141. The maximum atomic E-state index is 14.1. The molecule has 36 heavy (non-hydrogen) atoms. The number of halogens is 1. The number of aromatic nitrogens is 1. The predicted molar refractivity (Wildman–Crippen MR) is 145 cm³/mol. The highest BCUT2D eigenvalue weighted by molar-refractivity contribution is 6.31. The Hall–Kier alpha value is -2.18. The molecule has 2 heterocycles. The van der Waals surface area contributed by atoms with Crippen LogP contribution in [0.4, 0.5) is 0 Å². The largest absolute Gasteiger partial charge is 0.342 e. The van der Waals surface area contributed by atoms with Crippen LogP contribution in [0.1, 0.15) is 81.3 Å². The van der Waals surface area contributed by atoms with Crippen LogP contribution in [0.25, 0.3) is 10.9 Å². The number of likely N-dealkylation sites (tertiary alicyclic amines) is 1. The van der Waals surface area contributed by atoms with Crippen molar-refractivity contribution < 1.29 is 14.4 Å². The monoisotopic (exact) mass is 513 g/mol. The van der Waals surface area contributed by atoms with Crippen LogP contribution in [0, 0.1) is 18.8 Å². The average Bonchev–Trinajstić information content (AvgIpc) is 3.44. The van der Waals surface area contributed by atoms with E-state index < -0.39 is 0 Å². The lowest BCUT2D eigenvalue weighted by atomic mass is 9.76. The molecule has 1 saturated heterocycles. The molecule has 0 spiro atoms. The quantitative estimate of drug-likeness (QED) is 0.445. The fourth-order valence-corrected chi connectivity index (χ4v) is 6.59. The smallest absolute Gasteiger partial charge is 0.226 e. The van der Waals surface area contributed by atoms with Gasteiger partial charge in [-0.25, -0.2) is 0 Å². The molecule has 7 heteroatoms. The number of ketones is 2. The van der Waals surface area contributed by atoms with Gasteiger partial charge in [0.2, 0.25) is 5.91 Å². The van der Waals surface area contributed by atoms with Gasteiger partial charge in [0.25, 0.3) is 0 Å². The molecule has 2 aliphatic rings. The summed E-state index contributed by atoms with van der Waals surface area (Å²) < 4.78 is 2.18. The summed E-state index contributed by atoms with van der Waals surface area (Å²) >= 11 is 6.27. The number of carbonyl (C=O) groups excluding carboxylic acids is 3. The molecule has 4 rings (SSSR count). The molecule has 1 saturated carbocycles. The van der Waals surface area contributed by atoms with Crippen LogP contribution >= 0.6 is 11.6 Å². The second-order valence-corrected chi connectivity index (χ2v) is 11.2. The van der Waals surface area contributed by atoms with Crippen molar-refractivity contribution in [3.05, 3.63) is 34.5 Å². The van der Waals surface area contributed by atoms with Crippen molar-refractivity contribution in [3.63, 3.8) is 0 Å². The number of fused-ring (bicyclic) bond motifs is 1. The van der Waals surface area contributed by atoms with Crippen LogP contribution in [0.2, 0.25) is 5.02 Å². The molecule has 2 aromatic rings. The third-order valence-electron chi connectivity index (χ3n) is 8.56. The fraction of sp³-hybridized carbons (Fsp3) is 0.621. The van der Waals surface area contributed by atoms with E-state index in [2.05, 4.69) is 9.88 Å². The van der Waals surface area contributed by atoms with E-state index >= 15 is 0 Å². The summed E-state index contributed by atoms with van der Waals surface area (Å²) in [6.45, 7) is 6.82. The number of nitrogens with one attached hydrogen (secondary N) is 1. The SMILES string of the molecule is CNC(C)C(=O)CC(C(=O)N1CCCC1Cn1c(C)c(C(C)=O)c2cc(Cl)ccc21)C1CCCCC1. The molecule has 3 atom stereocenters. The molecule has 0 radical (unpaired) electrons. The van der Waals surface area contributed by atoms with E-state index in [1.54, 1.807) is 14.0 Å². The topological polar surface area (TPSA) is 71.4 Å². The third-order valence-corrected chi connectivity index (χ3v) is 8.80. The number of rotatable bonds is 9. The first kappa shape index (κ1) is 26.9. The first-order valence-corrected chi connectivity index (χ1v) is 13.9. The predicted octanol–water partition coefficient (Wildman–Crippen LogP) is 5.56. The van der Waals surface area contributed by atoms with Gasteiger partial charge in [-0.15, -0.1) is 0 Å². The van der Waals surface area contributed by atoms with Crippen LogP contribution in [-0.2, 0) is 16.1 Å². The zero-order valence-corrected chi connectivity index (χ0v) is 22.9. The van der Waals surface area contributed by atoms with Crippen LogP contribution in [0.3, 0.4) is 0 Å². The Morgan fingerprint density at radius 3 is 2.50 bits per heavy atom. The standard InChI is InChI=1S/C29H40ClN3O3/c1-18(31-4)27(35)16-24(21-9-6-5-7-10-21)29(36)32-14-8-11-23(32)17-33-19(2)28(20(3)34)25-15-22(30)12-13-26(25)33/h12-13,15,18,21,23-24,31H,5-11,14,16-17H2,1-4H3. The van der Waals surface area contributed by atoms with Crippen molar-refractivity contribution in [2.45, 2.75) is 90.8 Å². The number of amides is 1. The minimum Gasteiger partial charge on any atom is -0.342 e. The summed E-state index contributed by atoms with van der Waals surface area (Å²) in [5.41, 5.74) is 2.60. The maximum absolute atomic E-state index is 14.1. The number of hydrogen-bond acceptors (Lipinski definition) is 4. The van der Waals surface area contributed by atoms with E-state index in [-0.39, 0.29) is 41.4 Å². The minimum absolute atomic E-state index is 0.0207. The zero-order valence-electron chi connectivity index (χ0n) is 22.1. The molecule has 6 nitrogen and oxygen atoms in total. The lowest BCUT2D eigenvalue weighted by Crippen LogP contribution is -2.45. The number of carbonyl (C=O) groups is 3. The number of hydrogen-bond donors (Lipinski definition) is 1. The molecule has 3 unspecified atom stereocenters. The van der Waals surface area contributed by atoms with E-state index in [1.165, 1.54) is 6.42 Å². The summed E-state index contributed by atoms with van der Waals surface area (Å²) in [7, 11) is 1.79. The van der Waals surface area contributed by atoms with E-state index in [4.69, 9.17) is 11.6 Å². The van der Waals surface area contributed by atoms with Gasteiger partial charge in [0.05, 0.1) is 6.04 Å². The van der Waals surface area contributed by atoms with E-state index in [1.807, 2.05) is 36.9 Å². The second-order valence-electron chi connectivity index (χ2n) is 10.8. The van der Waals surface area contributed by atoms with Crippen molar-refractivity contribution in [2.75, 3.05) is 13.6 Å². The van der Waals surface area contributed by atoms with Crippen molar-refractivity contribution in [2.24, 2.45) is 11.8 Å². The first-order chi connectivity index (χ1) is 17.2. The van der Waals surface area contributed by atoms with Gasteiger partial charge in [0, 0.05) is 58.7 Å². The van der Waals surface area contributed by atoms with Gasteiger partial charge >= 0.3 is 0 Å². The molecule has 2 fully saturated rings. The zero-order chi connectivity index (χ0) is 26.0. The van der Waals surface area contributed by atoms with Crippen LogP contribution in [-0.4, -0.2) is 52.6 Å². The summed E-state index contributed by atoms with van der Waals surface area (Å²) in [6, 6.07) is 5.49. The Morgan fingerprint density at radius 1 is 1.11 bits per heavy atom. The molecule has 0 bridgehead atoms. The van der Waals surface area contributed by atoms with Gasteiger partial charge in [0.1, 0.15) is 5.78 Å². The third kappa shape index (κ3) is 5.40. The first-order valence-electron chi connectivity index (χ1n) is 13.5. The molecule has 196 valence electrons. The van der Waals surface area contributed by atoms with E-state index in [9.17, 15) is 14.4 Å². The molecule has 1 N–H and O–H groups in total. The average molecular weight is 514 g/mol. The van der Waals surface area contributed by atoms with Gasteiger partial charge in [-0.2, -0.15) is 0 Å². The fourth-order valence-electron chi connectivity index (χ4n) is 6.42. The van der Waals surface area contributed by atoms with E-state index in [0.29, 0.717) is 23.6 Å². The van der Waals surface area contributed by atoms with Crippen molar-refractivity contribution >= 4 is 40.0 Å². The number of nitrogens with zero attached hydrogens (tertiary/aromatic N) is 2. The van der Waals surface area contributed by atoms with Crippen molar-refractivity contribution in [1.82, 2.24) is 14.8 Å². The van der Waals surface area contributed by atoms with Crippen LogP contribution in [0.15, 0.2) is 18.2 Å². The molecule has 1 aromatic heterocycles. The van der Waals surface area contributed by atoms with Crippen LogP contribution < -0.4 is 5.32 Å². The Bertz CT molecular complexity index is 1130. The van der Waals surface area contributed by atoms with Gasteiger partial charge in [-0.05, 0) is 77.6 Å². The van der Waals surface area contributed by atoms with Crippen molar-refractivity contribution in [1.29, 1.82) is 0 Å². The second kappa shape index (κ2) is 11.5. The van der Waals surface area contributed by atoms with Crippen LogP contribution in [0.5, 0.6) is 0 Å². The van der Waals surface area contributed by atoms with Gasteiger partial charge in [-0.1, -0.05) is 30.9 Å². The summed E-state index contributed by atoms with van der Waals surface area (Å²) in [5, 5.41) is 4.52. The van der Waals surface area contributed by atoms with Gasteiger partial charge in [-0.3, -0.25) is 14.4 Å². The van der Waals surface area contributed by atoms with E-state index in [0.717, 1.165) is 61.7 Å². The Labute approximate surface area is 219 Å². The molecule has 1 aliphatic carbocycles. The number of likely N-dealkylation sites (N-methyl/N-ethyl adjacent to an activating group) is 1. The summed E-state index contributed by atoms with van der Waals surface area (Å²) in [4.78, 5) is 41.5. The maximum Gasteiger partial charge on any atom is 0.226 e. The number of Topliss-reactive ketones (excluding diaryl/α,β-unsaturated/α-hetero) is 2. The van der Waals surface area contributed by atoms with Gasteiger partial charge < -0.3 is 14.8 Å².